The highest BCUT2D eigenvalue weighted by molar-refractivity contribution is 6.23. The molecule has 0 heterocycles. The van der Waals surface area contributed by atoms with Gasteiger partial charge in [-0.15, -0.1) is 0 Å². The van der Waals surface area contributed by atoms with Gasteiger partial charge in [0, 0.05) is 18.1 Å². The number of benzene rings is 1. The van der Waals surface area contributed by atoms with Crippen molar-refractivity contribution in [2.24, 2.45) is 5.92 Å². The molecule has 0 bridgehead atoms. The third-order valence-electron chi connectivity index (χ3n) is 3.27. The minimum absolute atomic E-state index is 0.0642. The van der Waals surface area contributed by atoms with Gasteiger partial charge in [0.1, 0.15) is 11.3 Å². The molecule has 1 aromatic rings. The van der Waals surface area contributed by atoms with Gasteiger partial charge in [-0.05, 0) is 18.4 Å². The number of rotatable bonds is 3. The number of hydrogen-bond acceptors (Lipinski definition) is 4. The van der Waals surface area contributed by atoms with E-state index in [2.05, 4.69) is 0 Å². The van der Waals surface area contributed by atoms with Crippen molar-refractivity contribution in [3.8, 4) is 5.75 Å². The number of nitrogens with zero attached hydrogens (tertiary/aromatic N) is 1. The normalized spacial score (nSPS) is 18.9. The molecular weight excluding hydrogens is 246 g/mol. The van der Waals surface area contributed by atoms with E-state index in [0.29, 0.717) is 23.3 Å². The molecule has 100 valence electrons. The highest BCUT2D eigenvalue weighted by Gasteiger charge is 2.28. The van der Waals surface area contributed by atoms with Crippen molar-refractivity contribution >= 4 is 17.0 Å². The molecule has 1 aliphatic rings. The van der Waals surface area contributed by atoms with Crippen molar-refractivity contribution in [2.45, 2.75) is 19.8 Å². The topological polar surface area (TPSA) is 69.4 Å². The summed E-state index contributed by atoms with van der Waals surface area (Å²) in [5.41, 5.74) is 0.613. The van der Waals surface area contributed by atoms with Crippen molar-refractivity contribution in [3.05, 3.63) is 40.0 Å². The van der Waals surface area contributed by atoms with Crippen LogP contribution >= 0.6 is 0 Å². The van der Waals surface area contributed by atoms with Crippen molar-refractivity contribution in [1.82, 2.24) is 0 Å². The molecule has 0 N–H and O–H groups in total. The number of nitro benzene ring substituents is 1. The fourth-order valence-electron chi connectivity index (χ4n) is 2.29. The minimum atomic E-state index is -0.481. The Labute approximate surface area is 111 Å². The zero-order chi connectivity index (χ0) is 14.0. The second-order valence-electron chi connectivity index (χ2n) is 4.63. The summed E-state index contributed by atoms with van der Waals surface area (Å²) < 4.78 is 5.18. The molecule has 0 aromatic heterocycles. The molecule has 1 atom stereocenters. The minimum Gasteiger partial charge on any atom is -0.496 e. The van der Waals surface area contributed by atoms with Crippen LogP contribution in [-0.4, -0.2) is 17.8 Å². The van der Waals surface area contributed by atoms with Crippen molar-refractivity contribution in [2.75, 3.05) is 7.11 Å². The summed E-state index contributed by atoms with van der Waals surface area (Å²) in [6.07, 6.45) is 3.00. The molecule has 5 nitrogen and oxygen atoms in total. The van der Waals surface area contributed by atoms with E-state index in [9.17, 15) is 14.9 Å². The van der Waals surface area contributed by atoms with E-state index in [1.807, 2.05) is 6.92 Å². The van der Waals surface area contributed by atoms with Crippen LogP contribution in [0.4, 0.5) is 5.69 Å². The summed E-state index contributed by atoms with van der Waals surface area (Å²) >= 11 is 0. The first-order valence-electron chi connectivity index (χ1n) is 6.11. The summed E-state index contributed by atoms with van der Waals surface area (Å²) in [5.74, 6) is 0.533. The third kappa shape index (κ3) is 2.50. The molecule has 19 heavy (non-hydrogen) atoms. The van der Waals surface area contributed by atoms with Crippen LogP contribution in [0, 0.1) is 16.0 Å². The number of nitro groups is 1. The zero-order valence-corrected chi connectivity index (χ0v) is 10.9. The lowest BCUT2D eigenvalue weighted by molar-refractivity contribution is -0.385. The lowest BCUT2D eigenvalue weighted by atomic mass is 9.86. The van der Waals surface area contributed by atoms with Gasteiger partial charge in [0.2, 0.25) is 0 Å². The maximum absolute atomic E-state index is 12.0. The third-order valence-corrected chi connectivity index (χ3v) is 3.27. The molecule has 0 amide bonds. The van der Waals surface area contributed by atoms with Crippen molar-refractivity contribution < 1.29 is 14.5 Å². The monoisotopic (exact) mass is 261 g/mol. The number of Topliss-reactive ketones (excluding diaryl/α,β-unsaturated/α-hetero) is 1. The van der Waals surface area contributed by atoms with E-state index >= 15 is 0 Å². The van der Waals surface area contributed by atoms with E-state index in [0.717, 1.165) is 6.42 Å². The van der Waals surface area contributed by atoms with Gasteiger partial charge in [0.15, 0.2) is 5.78 Å². The molecule has 0 aliphatic heterocycles. The number of allylic oxidation sites excluding steroid dienone is 2. The Kier molecular flexibility index (Phi) is 3.64. The average molecular weight is 261 g/mol. The zero-order valence-electron chi connectivity index (χ0n) is 10.9. The quantitative estimate of drug-likeness (QED) is 0.619. The SMILES string of the molecule is COc1cccc([N+](=O)[O-])c1C1=CC(C)CCC1=O. The lowest BCUT2D eigenvalue weighted by Crippen LogP contribution is -2.13. The number of ether oxygens (including phenoxy) is 1. The van der Waals surface area contributed by atoms with Crippen molar-refractivity contribution in [1.29, 1.82) is 0 Å². The van der Waals surface area contributed by atoms with Crippen molar-refractivity contribution in [3.63, 3.8) is 0 Å². The molecule has 0 radical (unpaired) electrons. The Morgan fingerprint density at radius 2 is 2.16 bits per heavy atom. The van der Waals surface area contributed by atoms with Gasteiger partial charge in [-0.2, -0.15) is 0 Å². The molecule has 0 saturated heterocycles. The molecule has 1 unspecified atom stereocenters. The first-order chi connectivity index (χ1) is 9.04. The molecule has 1 aromatic carbocycles. The summed E-state index contributed by atoms with van der Waals surface area (Å²) in [7, 11) is 1.44. The second kappa shape index (κ2) is 5.22. The predicted molar refractivity (Wildman–Crippen MR) is 71.0 cm³/mol. The number of carbonyl (C=O) groups is 1. The fourth-order valence-corrected chi connectivity index (χ4v) is 2.29. The second-order valence-corrected chi connectivity index (χ2v) is 4.63. The van der Waals surface area contributed by atoms with Crippen LogP contribution in [0.15, 0.2) is 24.3 Å². The first-order valence-corrected chi connectivity index (χ1v) is 6.11. The Morgan fingerprint density at radius 1 is 1.42 bits per heavy atom. The number of carbonyl (C=O) groups excluding carboxylic acids is 1. The van der Waals surface area contributed by atoms with Gasteiger partial charge < -0.3 is 4.74 Å². The largest absolute Gasteiger partial charge is 0.496 e. The molecule has 0 saturated carbocycles. The molecular formula is C14H15NO4. The van der Waals surface area contributed by atoms with E-state index in [4.69, 9.17) is 4.74 Å². The summed E-state index contributed by atoms with van der Waals surface area (Å²) in [5, 5.41) is 11.1. The maximum atomic E-state index is 12.0. The number of hydrogen-bond donors (Lipinski definition) is 0. The van der Waals surface area contributed by atoms with Crippen LogP contribution < -0.4 is 4.74 Å². The Bertz CT molecular complexity index is 563. The van der Waals surface area contributed by atoms with Crippen LogP contribution in [0.25, 0.3) is 5.57 Å². The highest BCUT2D eigenvalue weighted by atomic mass is 16.6. The van der Waals surface area contributed by atoms with E-state index in [1.54, 1.807) is 18.2 Å². The standard InChI is InChI=1S/C14H15NO4/c1-9-6-7-12(16)10(8-9)14-11(15(17)18)4-3-5-13(14)19-2/h3-5,8-9H,6-7H2,1-2H3. The highest BCUT2D eigenvalue weighted by Crippen LogP contribution is 2.38. The smallest absolute Gasteiger partial charge is 0.281 e. The Balaban J connectivity index is 2.66. The van der Waals surface area contributed by atoms with E-state index in [1.165, 1.54) is 13.2 Å². The Morgan fingerprint density at radius 3 is 2.79 bits per heavy atom. The first kappa shape index (κ1) is 13.3. The van der Waals surface area contributed by atoms with Crippen LogP contribution in [0.1, 0.15) is 25.3 Å². The van der Waals surface area contributed by atoms with Crippen LogP contribution in [0.3, 0.4) is 0 Å². The lowest BCUT2D eigenvalue weighted by Gasteiger charge is -2.18. The number of methoxy groups -OCH3 is 1. The van der Waals surface area contributed by atoms with Crippen LogP contribution in [-0.2, 0) is 4.79 Å². The molecule has 2 rings (SSSR count). The molecule has 0 fully saturated rings. The predicted octanol–water partition coefficient (Wildman–Crippen LogP) is 2.99. The van der Waals surface area contributed by atoms with Gasteiger partial charge in [0.05, 0.1) is 12.0 Å². The molecule has 5 heteroatoms. The van der Waals surface area contributed by atoms with Crippen LogP contribution in [0.5, 0.6) is 5.75 Å². The molecule has 0 spiro atoms. The van der Waals surface area contributed by atoms with Gasteiger partial charge in [-0.1, -0.05) is 19.1 Å². The van der Waals surface area contributed by atoms with Gasteiger partial charge in [0.25, 0.3) is 5.69 Å². The maximum Gasteiger partial charge on any atom is 0.281 e. The van der Waals surface area contributed by atoms with E-state index in [-0.39, 0.29) is 17.4 Å². The summed E-state index contributed by atoms with van der Waals surface area (Å²) in [4.78, 5) is 22.7. The van der Waals surface area contributed by atoms with Crippen LogP contribution in [0.2, 0.25) is 0 Å². The fraction of sp³-hybridized carbons (Fsp3) is 0.357. The molecule has 1 aliphatic carbocycles. The number of ketones is 1. The van der Waals surface area contributed by atoms with Gasteiger partial charge in [-0.3, -0.25) is 14.9 Å². The average Bonchev–Trinajstić information content (AvgIpc) is 2.40. The Hall–Kier alpha value is -2.17. The van der Waals surface area contributed by atoms with E-state index < -0.39 is 4.92 Å². The van der Waals surface area contributed by atoms with Gasteiger partial charge in [-0.25, -0.2) is 0 Å². The summed E-state index contributed by atoms with van der Waals surface area (Å²) in [6, 6.07) is 4.58. The van der Waals surface area contributed by atoms with Gasteiger partial charge >= 0.3 is 0 Å². The summed E-state index contributed by atoms with van der Waals surface area (Å²) in [6.45, 7) is 1.99.